The third kappa shape index (κ3) is 4.81. The van der Waals surface area contributed by atoms with E-state index in [4.69, 9.17) is 0 Å². The summed E-state index contributed by atoms with van der Waals surface area (Å²) in [6.45, 7) is 4.66. The van der Waals surface area contributed by atoms with Crippen molar-refractivity contribution >= 4 is 65.6 Å². The second-order valence-corrected chi connectivity index (χ2v) is 12.5. The van der Waals surface area contributed by atoms with Crippen molar-refractivity contribution in [1.29, 1.82) is 0 Å². The van der Waals surface area contributed by atoms with E-state index in [0.29, 0.717) is 10.3 Å². The fraction of sp³-hybridized carbons (Fsp3) is 0.750. The summed E-state index contributed by atoms with van der Waals surface area (Å²) in [6, 6.07) is 2.35. The second-order valence-electron chi connectivity index (χ2n) is 7.05. The standard InChI is InChI=1S/C16H24Br2N2O2S2.ClH/c1-11-5-7-20(8-6-11)13-4-3-12(9-13)19(2)24(21,22)15-10-14(17)16(18)23-15;/h10-13H,3-9H2,1-2H3;1H/t12-,13+;/m0./s1. The first kappa shape index (κ1) is 22.1. The number of nitrogens with zero attached hydrogens (tertiary/aromatic N) is 2. The van der Waals surface area contributed by atoms with Crippen LogP contribution in [0.3, 0.4) is 0 Å². The van der Waals surface area contributed by atoms with Gasteiger partial charge in [-0.25, -0.2) is 8.42 Å². The van der Waals surface area contributed by atoms with E-state index in [1.165, 1.54) is 37.3 Å². The van der Waals surface area contributed by atoms with Gasteiger partial charge in [-0.1, -0.05) is 6.92 Å². The van der Waals surface area contributed by atoms with E-state index in [2.05, 4.69) is 43.7 Å². The molecule has 0 unspecified atom stereocenters. The minimum atomic E-state index is -3.41. The number of thiophene rings is 1. The molecule has 2 heterocycles. The Hall–Kier alpha value is 0.820. The lowest BCUT2D eigenvalue weighted by molar-refractivity contribution is 0.136. The van der Waals surface area contributed by atoms with Crippen LogP contribution in [0.2, 0.25) is 0 Å². The molecule has 1 saturated carbocycles. The van der Waals surface area contributed by atoms with Gasteiger partial charge in [0.15, 0.2) is 0 Å². The van der Waals surface area contributed by atoms with Crippen LogP contribution in [0.25, 0.3) is 0 Å². The van der Waals surface area contributed by atoms with E-state index in [0.717, 1.165) is 33.4 Å². The lowest BCUT2D eigenvalue weighted by Gasteiger charge is -2.35. The van der Waals surface area contributed by atoms with Gasteiger partial charge in [-0.15, -0.1) is 23.7 Å². The number of hydrogen-bond donors (Lipinski definition) is 0. The lowest BCUT2D eigenvalue weighted by Crippen LogP contribution is -2.41. The Kier molecular flexibility index (Phi) is 7.86. The molecule has 2 fully saturated rings. The van der Waals surface area contributed by atoms with Gasteiger partial charge in [-0.05, 0) is 89.0 Å². The van der Waals surface area contributed by atoms with E-state index in [-0.39, 0.29) is 18.4 Å². The Bertz CT molecular complexity index is 671. The monoisotopic (exact) mass is 534 g/mol. The highest BCUT2D eigenvalue weighted by Gasteiger charge is 2.37. The normalized spacial score (nSPS) is 26.1. The maximum atomic E-state index is 12.9. The van der Waals surface area contributed by atoms with Gasteiger partial charge in [0.25, 0.3) is 10.0 Å². The molecule has 1 aliphatic carbocycles. The molecule has 1 aliphatic heterocycles. The van der Waals surface area contributed by atoms with E-state index >= 15 is 0 Å². The van der Waals surface area contributed by atoms with Gasteiger partial charge >= 0.3 is 0 Å². The highest BCUT2D eigenvalue weighted by Crippen LogP contribution is 2.38. The van der Waals surface area contributed by atoms with Crippen molar-refractivity contribution in [3.63, 3.8) is 0 Å². The molecular formula is C16H25Br2ClN2O2S2. The van der Waals surface area contributed by atoms with Crippen LogP contribution in [0.4, 0.5) is 0 Å². The summed E-state index contributed by atoms with van der Waals surface area (Å²) >= 11 is 8.04. The quantitative estimate of drug-likeness (QED) is 0.546. The van der Waals surface area contributed by atoms with Gasteiger partial charge in [0.05, 0.1) is 3.79 Å². The predicted octanol–water partition coefficient (Wildman–Crippen LogP) is 4.97. The first-order chi connectivity index (χ1) is 11.3. The average Bonchev–Trinajstić information content (AvgIpc) is 3.15. The maximum absolute atomic E-state index is 12.9. The summed E-state index contributed by atoms with van der Waals surface area (Å²) in [5.41, 5.74) is 0. The molecule has 0 amide bonds. The highest BCUT2D eigenvalue weighted by atomic mass is 79.9. The first-order valence-corrected chi connectivity index (χ1v) is 12.3. The third-order valence-electron chi connectivity index (χ3n) is 5.48. The molecule has 1 aromatic heterocycles. The summed E-state index contributed by atoms with van der Waals surface area (Å²) in [6.07, 6.45) is 5.56. The van der Waals surface area contributed by atoms with Crippen LogP contribution < -0.4 is 0 Å². The topological polar surface area (TPSA) is 40.6 Å². The molecule has 2 aliphatic rings. The van der Waals surface area contributed by atoms with Crippen LogP contribution in [0.15, 0.2) is 18.5 Å². The molecule has 0 bridgehead atoms. The van der Waals surface area contributed by atoms with Crippen molar-refractivity contribution in [2.45, 2.75) is 55.3 Å². The summed E-state index contributed by atoms with van der Waals surface area (Å²) < 4.78 is 29.4. The average molecular weight is 537 g/mol. The van der Waals surface area contributed by atoms with Crippen LogP contribution in [0.5, 0.6) is 0 Å². The van der Waals surface area contributed by atoms with Crippen LogP contribution in [-0.4, -0.2) is 49.8 Å². The molecule has 0 aromatic carbocycles. The predicted molar refractivity (Wildman–Crippen MR) is 113 cm³/mol. The van der Waals surface area contributed by atoms with Gasteiger partial charge in [-0.3, -0.25) is 0 Å². The summed E-state index contributed by atoms with van der Waals surface area (Å²) in [5.74, 6) is 0.831. The number of hydrogen-bond acceptors (Lipinski definition) is 4. The SMILES string of the molecule is CC1CCN([C@@H]2CC[C@H](N(C)S(=O)(=O)c3cc(Br)c(Br)s3)C2)CC1.Cl. The van der Waals surface area contributed by atoms with Gasteiger partial charge in [0.2, 0.25) is 0 Å². The molecule has 1 aromatic rings. The number of halogens is 3. The molecule has 0 spiro atoms. The molecule has 2 atom stereocenters. The molecule has 0 N–H and O–H groups in total. The van der Waals surface area contributed by atoms with E-state index in [1.54, 1.807) is 17.4 Å². The van der Waals surface area contributed by atoms with Crippen LogP contribution in [0.1, 0.15) is 39.0 Å². The maximum Gasteiger partial charge on any atom is 0.252 e. The van der Waals surface area contributed by atoms with Crippen molar-refractivity contribution in [2.24, 2.45) is 5.92 Å². The van der Waals surface area contributed by atoms with Crippen molar-refractivity contribution < 1.29 is 8.42 Å². The molecule has 3 rings (SSSR count). The first-order valence-electron chi connectivity index (χ1n) is 8.46. The van der Waals surface area contributed by atoms with Crippen molar-refractivity contribution in [3.8, 4) is 0 Å². The number of sulfonamides is 1. The zero-order valence-electron chi connectivity index (χ0n) is 14.5. The minimum Gasteiger partial charge on any atom is -0.300 e. The third-order valence-corrected chi connectivity index (χ3v) is 11.1. The highest BCUT2D eigenvalue weighted by molar-refractivity contribution is 9.13. The van der Waals surface area contributed by atoms with E-state index in [9.17, 15) is 8.42 Å². The van der Waals surface area contributed by atoms with Crippen LogP contribution in [0, 0.1) is 5.92 Å². The van der Waals surface area contributed by atoms with Crippen molar-refractivity contribution in [3.05, 3.63) is 14.3 Å². The van der Waals surface area contributed by atoms with Crippen molar-refractivity contribution in [2.75, 3.05) is 20.1 Å². The molecule has 1 saturated heterocycles. The number of likely N-dealkylation sites (tertiary alicyclic amines) is 1. The Morgan fingerprint density at radius 2 is 1.84 bits per heavy atom. The largest absolute Gasteiger partial charge is 0.300 e. The summed E-state index contributed by atoms with van der Waals surface area (Å²) in [5, 5.41) is 0. The number of rotatable bonds is 4. The molecule has 0 radical (unpaired) electrons. The Balaban J connectivity index is 0.00000225. The van der Waals surface area contributed by atoms with E-state index in [1.807, 2.05) is 0 Å². The van der Waals surface area contributed by atoms with Gasteiger partial charge in [0, 0.05) is 23.6 Å². The van der Waals surface area contributed by atoms with Gasteiger partial charge < -0.3 is 4.90 Å². The Labute approximate surface area is 178 Å². The molecule has 4 nitrogen and oxygen atoms in total. The molecule has 9 heteroatoms. The zero-order valence-corrected chi connectivity index (χ0v) is 20.1. The zero-order chi connectivity index (χ0) is 17.5. The van der Waals surface area contributed by atoms with E-state index < -0.39 is 10.0 Å². The summed E-state index contributed by atoms with van der Waals surface area (Å²) in [4.78, 5) is 2.58. The summed E-state index contributed by atoms with van der Waals surface area (Å²) in [7, 11) is -1.68. The lowest BCUT2D eigenvalue weighted by atomic mass is 9.97. The second kappa shape index (κ2) is 8.88. The Morgan fingerprint density at radius 1 is 1.20 bits per heavy atom. The van der Waals surface area contributed by atoms with Crippen molar-refractivity contribution in [1.82, 2.24) is 9.21 Å². The Morgan fingerprint density at radius 3 is 2.40 bits per heavy atom. The van der Waals surface area contributed by atoms with Crippen LogP contribution in [-0.2, 0) is 10.0 Å². The van der Waals surface area contributed by atoms with Crippen LogP contribution >= 0.6 is 55.6 Å². The fourth-order valence-corrected chi connectivity index (χ4v) is 8.18. The molecule has 144 valence electrons. The molecular weight excluding hydrogens is 512 g/mol. The fourth-order valence-electron chi connectivity index (χ4n) is 3.78. The number of piperidine rings is 1. The smallest absolute Gasteiger partial charge is 0.252 e. The van der Waals surface area contributed by atoms with Gasteiger partial charge in [-0.2, -0.15) is 4.31 Å². The molecule has 25 heavy (non-hydrogen) atoms. The minimum absolute atomic E-state index is 0. The van der Waals surface area contributed by atoms with Gasteiger partial charge in [0.1, 0.15) is 4.21 Å².